The van der Waals surface area contributed by atoms with Crippen LogP contribution < -0.4 is 0 Å². The van der Waals surface area contributed by atoms with E-state index in [2.05, 4.69) is 6.58 Å². The molecule has 0 aromatic carbocycles. The Morgan fingerprint density at radius 1 is 1.75 bits per heavy atom. The lowest BCUT2D eigenvalue weighted by molar-refractivity contribution is 0.367. The summed E-state index contributed by atoms with van der Waals surface area (Å²) in [5.41, 5.74) is -0.720. The predicted molar refractivity (Wildman–Crippen MR) is 31.7 cm³/mol. The fourth-order valence-corrected chi connectivity index (χ4v) is 0.412. The summed E-state index contributed by atoms with van der Waals surface area (Å²) in [5.74, 6) is 0. The average Bonchev–Trinajstić information content (AvgIpc) is 1.62. The van der Waals surface area contributed by atoms with Crippen molar-refractivity contribution >= 4 is 7.60 Å². The van der Waals surface area contributed by atoms with Gasteiger partial charge in [0.2, 0.25) is 0 Å². The molecule has 0 radical (unpaired) electrons. The molecule has 0 aliphatic carbocycles. The van der Waals surface area contributed by atoms with Crippen molar-refractivity contribution in [1.29, 1.82) is 0 Å². The molecule has 0 spiro atoms. The second-order valence-corrected chi connectivity index (χ2v) is 3.56. The molecule has 0 saturated heterocycles. The van der Waals surface area contributed by atoms with Gasteiger partial charge in [-0.2, -0.15) is 0 Å². The molecule has 0 aromatic rings. The molecular formula is C4H9O3P. The van der Waals surface area contributed by atoms with Crippen LogP contribution in [0.3, 0.4) is 0 Å². The standard InChI is InChI=1S/C4H9O3P/c1-3-4(2)8(5,6)7/h3-4H,1H2,2H3,(H2,5,6,7). The fraction of sp³-hybridized carbons (Fsp3) is 0.500. The summed E-state index contributed by atoms with van der Waals surface area (Å²) < 4.78 is 10.2. The van der Waals surface area contributed by atoms with Gasteiger partial charge in [0.1, 0.15) is 0 Å². The highest BCUT2D eigenvalue weighted by Gasteiger charge is 2.19. The number of hydrogen-bond donors (Lipinski definition) is 2. The first kappa shape index (κ1) is 7.89. The SMILES string of the molecule is C=CC(C)P(=O)(O)O. The van der Waals surface area contributed by atoms with E-state index in [9.17, 15) is 4.57 Å². The normalized spacial score (nSPS) is 15.4. The van der Waals surface area contributed by atoms with Gasteiger partial charge in [-0.1, -0.05) is 6.08 Å². The van der Waals surface area contributed by atoms with E-state index in [1.165, 1.54) is 13.0 Å². The van der Waals surface area contributed by atoms with Crippen LogP contribution in [0.1, 0.15) is 6.92 Å². The second kappa shape index (κ2) is 2.44. The van der Waals surface area contributed by atoms with Crippen molar-refractivity contribution in [3.05, 3.63) is 12.7 Å². The lowest BCUT2D eigenvalue weighted by atomic mass is 10.5. The highest BCUT2D eigenvalue weighted by Crippen LogP contribution is 2.40. The Balaban J connectivity index is 4.02. The predicted octanol–water partition coefficient (Wildman–Crippen LogP) is 0.739. The van der Waals surface area contributed by atoms with Crippen LogP contribution in [0.15, 0.2) is 12.7 Å². The number of hydrogen-bond acceptors (Lipinski definition) is 1. The van der Waals surface area contributed by atoms with Crippen molar-refractivity contribution in [2.75, 3.05) is 0 Å². The molecule has 0 aliphatic rings. The van der Waals surface area contributed by atoms with Crippen LogP contribution in [0.2, 0.25) is 0 Å². The maximum Gasteiger partial charge on any atom is 0.332 e. The van der Waals surface area contributed by atoms with Crippen LogP contribution >= 0.6 is 7.60 Å². The molecule has 2 N–H and O–H groups in total. The molecule has 48 valence electrons. The summed E-state index contributed by atoms with van der Waals surface area (Å²) in [6.45, 7) is 4.66. The summed E-state index contributed by atoms with van der Waals surface area (Å²) in [7, 11) is -3.87. The molecule has 0 fully saturated rings. The summed E-state index contributed by atoms with van der Waals surface area (Å²) in [4.78, 5) is 16.7. The van der Waals surface area contributed by atoms with Crippen LogP contribution in [0.25, 0.3) is 0 Å². The highest BCUT2D eigenvalue weighted by molar-refractivity contribution is 7.52. The summed E-state index contributed by atoms with van der Waals surface area (Å²) in [6.07, 6.45) is 1.24. The van der Waals surface area contributed by atoms with Gasteiger partial charge in [-0.15, -0.1) is 6.58 Å². The molecule has 1 atom stereocenters. The monoisotopic (exact) mass is 136 g/mol. The van der Waals surface area contributed by atoms with E-state index in [1.54, 1.807) is 0 Å². The second-order valence-electron chi connectivity index (χ2n) is 1.57. The van der Waals surface area contributed by atoms with Crippen molar-refractivity contribution in [3.63, 3.8) is 0 Å². The van der Waals surface area contributed by atoms with Crippen LogP contribution in [-0.4, -0.2) is 15.4 Å². The number of rotatable bonds is 2. The number of allylic oxidation sites excluding steroid dienone is 1. The van der Waals surface area contributed by atoms with Gasteiger partial charge in [-0.05, 0) is 6.92 Å². The summed E-state index contributed by atoms with van der Waals surface area (Å²) in [6, 6.07) is 0. The van der Waals surface area contributed by atoms with E-state index in [0.717, 1.165) is 0 Å². The van der Waals surface area contributed by atoms with Crippen molar-refractivity contribution in [3.8, 4) is 0 Å². The molecule has 4 heteroatoms. The van der Waals surface area contributed by atoms with E-state index < -0.39 is 13.3 Å². The smallest absolute Gasteiger partial charge is 0.324 e. The van der Waals surface area contributed by atoms with E-state index in [0.29, 0.717) is 0 Å². The quantitative estimate of drug-likeness (QED) is 0.434. The maximum absolute atomic E-state index is 10.2. The molecule has 0 amide bonds. The third-order valence-corrected chi connectivity index (χ3v) is 2.14. The zero-order chi connectivity index (χ0) is 6.78. The summed E-state index contributed by atoms with van der Waals surface area (Å²) >= 11 is 0. The van der Waals surface area contributed by atoms with Gasteiger partial charge >= 0.3 is 7.60 Å². The van der Waals surface area contributed by atoms with Gasteiger partial charge in [-0.25, -0.2) is 0 Å². The van der Waals surface area contributed by atoms with Crippen molar-refractivity contribution in [1.82, 2.24) is 0 Å². The van der Waals surface area contributed by atoms with Crippen LogP contribution in [0.4, 0.5) is 0 Å². The van der Waals surface area contributed by atoms with Gasteiger partial charge < -0.3 is 9.79 Å². The van der Waals surface area contributed by atoms with E-state index in [1.807, 2.05) is 0 Å². The fourth-order valence-electron chi connectivity index (χ4n) is 0.137. The van der Waals surface area contributed by atoms with E-state index in [4.69, 9.17) is 9.79 Å². The third-order valence-electron chi connectivity index (χ3n) is 0.872. The van der Waals surface area contributed by atoms with Crippen molar-refractivity contribution < 1.29 is 14.4 Å². The minimum absolute atomic E-state index is 0.720. The molecule has 0 rings (SSSR count). The first-order chi connectivity index (χ1) is 3.48. The highest BCUT2D eigenvalue weighted by atomic mass is 31.2. The molecule has 0 heterocycles. The molecule has 0 bridgehead atoms. The first-order valence-corrected chi connectivity index (χ1v) is 3.84. The zero-order valence-electron chi connectivity index (χ0n) is 4.61. The van der Waals surface area contributed by atoms with Gasteiger partial charge in [0.05, 0.1) is 5.66 Å². The third kappa shape index (κ3) is 2.26. The molecule has 8 heavy (non-hydrogen) atoms. The Hall–Kier alpha value is -0.110. The Morgan fingerprint density at radius 2 is 2.12 bits per heavy atom. The molecule has 3 nitrogen and oxygen atoms in total. The minimum Gasteiger partial charge on any atom is -0.324 e. The molecule has 0 saturated carbocycles. The van der Waals surface area contributed by atoms with Crippen LogP contribution in [0.5, 0.6) is 0 Å². The van der Waals surface area contributed by atoms with Crippen molar-refractivity contribution in [2.24, 2.45) is 0 Å². The topological polar surface area (TPSA) is 57.5 Å². The average molecular weight is 136 g/mol. The Bertz CT molecular complexity index is 125. The largest absolute Gasteiger partial charge is 0.332 e. The minimum atomic E-state index is -3.87. The Kier molecular flexibility index (Phi) is 2.41. The van der Waals surface area contributed by atoms with Gasteiger partial charge in [0, 0.05) is 0 Å². The maximum atomic E-state index is 10.2. The van der Waals surface area contributed by atoms with E-state index >= 15 is 0 Å². The van der Waals surface area contributed by atoms with Crippen LogP contribution in [-0.2, 0) is 4.57 Å². The summed E-state index contributed by atoms with van der Waals surface area (Å²) in [5, 5.41) is 0. The van der Waals surface area contributed by atoms with Gasteiger partial charge in [0.25, 0.3) is 0 Å². The zero-order valence-corrected chi connectivity index (χ0v) is 5.51. The first-order valence-electron chi connectivity index (χ1n) is 2.16. The van der Waals surface area contributed by atoms with Gasteiger partial charge in [0.15, 0.2) is 0 Å². The lowest BCUT2D eigenvalue weighted by Crippen LogP contribution is -1.96. The molecule has 0 aliphatic heterocycles. The van der Waals surface area contributed by atoms with E-state index in [-0.39, 0.29) is 0 Å². The molecule has 0 aromatic heterocycles. The molecular weight excluding hydrogens is 127 g/mol. The van der Waals surface area contributed by atoms with Crippen molar-refractivity contribution in [2.45, 2.75) is 12.6 Å². The Morgan fingerprint density at radius 3 is 2.12 bits per heavy atom. The lowest BCUT2D eigenvalue weighted by Gasteiger charge is -2.05. The van der Waals surface area contributed by atoms with Crippen LogP contribution in [0, 0.1) is 0 Å². The van der Waals surface area contributed by atoms with Gasteiger partial charge in [-0.3, -0.25) is 4.57 Å². The molecule has 1 unspecified atom stereocenters. The Labute approximate surface area is 48.2 Å².